The summed E-state index contributed by atoms with van der Waals surface area (Å²) in [6.07, 6.45) is 0. The van der Waals surface area contributed by atoms with Gasteiger partial charge in [0.05, 0.1) is 17.7 Å². The van der Waals surface area contributed by atoms with Crippen molar-refractivity contribution in [3.8, 4) is 5.75 Å². The van der Waals surface area contributed by atoms with Crippen molar-refractivity contribution in [2.75, 3.05) is 17.1 Å². The zero-order valence-corrected chi connectivity index (χ0v) is 15.7. The number of sulfonamides is 1. The number of carbonyl (C=O) groups is 1. The molecule has 0 spiro atoms. The fourth-order valence-electron chi connectivity index (χ4n) is 2.45. The molecule has 3 rings (SSSR count). The molecule has 3 aromatic rings. The minimum Gasteiger partial charge on any atom is -0.495 e. The van der Waals surface area contributed by atoms with Gasteiger partial charge in [0.2, 0.25) is 0 Å². The summed E-state index contributed by atoms with van der Waals surface area (Å²) in [5.74, 6) is -0.467. The topological polar surface area (TPSA) is 84.5 Å². The Morgan fingerprint density at radius 1 is 0.929 bits per heavy atom. The molecule has 0 aliphatic rings. The number of rotatable bonds is 6. The first kappa shape index (κ1) is 19.4. The van der Waals surface area contributed by atoms with Crippen molar-refractivity contribution in [2.45, 2.75) is 4.90 Å². The largest absolute Gasteiger partial charge is 0.495 e. The lowest BCUT2D eigenvalue weighted by Crippen LogP contribution is -2.14. The summed E-state index contributed by atoms with van der Waals surface area (Å²) in [5.41, 5.74) is 1.01. The molecule has 0 heterocycles. The van der Waals surface area contributed by atoms with Gasteiger partial charge in [-0.25, -0.2) is 12.8 Å². The average molecular weight is 400 g/mol. The summed E-state index contributed by atoms with van der Waals surface area (Å²) in [6, 6.07) is 17.4. The maximum Gasteiger partial charge on any atom is 0.262 e. The van der Waals surface area contributed by atoms with Gasteiger partial charge in [0.1, 0.15) is 11.6 Å². The summed E-state index contributed by atoms with van der Waals surface area (Å²) in [7, 11) is -2.38. The summed E-state index contributed by atoms with van der Waals surface area (Å²) in [4.78, 5) is 12.2. The van der Waals surface area contributed by atoms with Gasteiger partial charge >= 0.3 is 0 Å². The summed E-state index contributed by atoms with van der Waals surface area (Å²) in [6.45, 7) is 0. The van der Waals surface area contributed by atoms with E-state index in [1.54, 1.807) is 24.3 Å². The smallest absolute Gasteiger partial charge is 0.262 e. The summed E-state index contributed by atoms with van der Waals surface area (Å²) >= 11 is 0. The second-order valence-corrected chi connectivity index (χ2v) is 7.47. The number of nitrogens with one attached hydrogen (secondary N) is 2. The molecule has 0 radical (unpaired) electrons. The second-order valence-electron chi connectivity index (χ2n) is 5.79. The zero-order valence-electron chi connectivity index (χ0n) is 14.8. The van der Waals surface area contributed by atoms with Crippen molar-refractivity contribution in [1.29, 1.82) is 0 Å². The molecule has 0 bridgehead atoms. The first-order valence-corrected chi connectivity index (χ1v) is 9.70. The Morgan fingerprint density at radius 3 is 2.21 bits per heavy atom. The number of amides is 1. The zero-order chi connectivity index (χ0) is 20.1. The van der Waals surface area contributed by atoms with Crippen LogP contribution in [0.5, 0.6) is 5.75 Å². The predicted octanol–water partition coefficient (Wildman–Crippen LogP) is 3.89. The first-order valence-electron chi connectivity index (χ1n) is 8.22. The second kappa shape index (κ2) is 8.10. The van der Waals surface area contributed by atoms with Crippen LogP contribution in [0.3, 0.4) is 0 Å². The number of benzene rings is 3. The Morgan fingerprint density at radius 2 is 1.57 bits per heavy atom. The van der Waals surface area contributed by atoms with E-state index in [0.29, 0.717) is 17.1 Å². The molecule has 0 unspecified atom stereocenters. The lowest BCUT2D eigenvalue weighted by Gasteiger charge is -2.12. The van der Waals surface area contributed by atoms with E-state index in [1.807, 2.05) is 0 Å². The molecular formula is C20H17FN2O4S. The van der Waals surface area contributed by atoms with Crippen LogP contribution in [0.2, 0.25) is 0 Å². The third-order valence-electron chi connectivity index (χ3n) is 3.88. The predicted molar refractivity (Wildman–Crippen MR) is 105 cm³/mol. The quantitative estimate of drug-likeness (QED) is 0.658. The van der Waals surface area contributed by atoms with Crippen molar-refractivity contribution in [3.05, 3.63) is 84.2 Å². The average Bonchev–Trinajstić information content (AvgIpc) is 2.69. The normalized spacial score (nSPS) is 10.9. The third-order valence-corrected chi connectivity index (χ3v) is 5.26. The molecule has 2 N–H and O–H groups in total. The van der Waals surface area contributed by atoms with Gasteiger partial charge < -0.3 is 10.1 Å². The number of para-hydroxylation sites is 2. The van der Waals surface area contributed by atoms with Crippen LogP contribution in [0.4, 0.5) is 15.8 Å². The van der Waals surface area contributed by atoms with Crippen LogP contribution in [-0.4, -0.2) is 21.4 Å². The highest BCUT2D eigenvalue weighted by Crippen LogP contribution is 2.26. The third kappa shape index (κ3) is 4.47. The van der Waals surface area contributed by atoms with E-state index < -0.39 is 21.7 Å². The van der Waals surface area contributed by atoms with E-state index >= 15 is 0 Å². The minimum atomic E-state index is -3.83. The molecule has 144 valence electrons. The van der Waals surface area contributed by atoms with Crippen LogP contribution in [0, 0.1) is 5.82 Å². The minimum absolute atomic E-state index is 0.0261. The molecule has 0 saturated carbocycles. The lowest BCUT2D eigenvalue weighted by molar-refractivity contribution is 0.102. The number of hydrogen-bond acceptors (Lipinski definition) is 4. The SMILES string of the molecule is COc1ccccc1NS(=O)(=O)c1ccc(NC(=O)c2ccc(F)cc2)cc1. The van der Waals surface area contributed by atoms with Gasteiger partial charge in [0, 0.05) is 11.3 Å². The molecule has 28 heavy (non-hydrogen) atoms. The van der Waals surface area contributed by atoms with Gasteiger partial charge in [-0.15, -0.1) is 0 Å². The number of methoxy groups -OCH3 is 1. The molecule has 8 heteroatoms. The highest BCUT2D eigenvalue weighted by Gasteiger charge is 2.16. The number of carbonyl (C=O) groups excluding carboxylic acids is 1. The van der Waals surface area contributed by atoms with Crippen LogP contribution in [0.15, 0.2) is 77.7 Å². The molecule has 0 atom stereocenters. The van der Waals surface area contributed by atoms with Gasteiger partial charge in [-0.2, -0.15) is 0 Å². The molecule has 0 saturated heterocycles. The Kier molecular flexibility index (Phi) is 5.60. The highest BCUT2D eigenvalue weighted by atomic mass is 32.2. The molecule has 6 nitrogen and oxygen atoms in total. The molecular weight excluding hydrogens is 383 g/mol. The van der Waals surface area contributed by atoms with Crippen LogP contribution < -0.4 is 14.8 Å². The highest BCUT2D eigenvalue weighted by molar-refractivity contribution is 7.92. The van der Waals surface area contributed by atoms with Crippen LogP contribution in [-0.2, 0) is 10.0 Å². The lowest BCUT2D eigenvalue weighted by atomic mass is 10.2. The molecule has 0 fully saturated rings. The van der Waals surface area contributed by atoms with Crippen molar-refractivity contribution in [3.63, 3.8) is 0 Å². The van der Waals surface area contributed by atoms with Crippen molar-refractivity contribution in [2.24, 2.45) is 0 Å². The van der Waals surface area contributed by atoms with E-state index in [9.17, 15) is 17.6 Å². The Labute approximate surface area is 162 Å². The van der Waals surface area contributed by atoms with Gasteiger partial charge in [-0.05, 0) is 60.7 Å². The number of anilines is 2. The van der Waals surface area contributed by atoms with Gasteiger partial charge in [-0.3, -0.25) is 9.52 Å². The Hall–Kier alpha value is -3.39. The fraction of sp³-hybridized carbons (Fsp3) is 0.0500. The standard InChI is InChI=1S/C20H17FN2O4S/c1-27-19-5-3-2-4-18(19)23-28(25,26)17-12-10-16(11-13-17)22-20(24)14-6-8-15(21)9-7-14/h2-13,23H,1H3,(H,22,24). The molecule has 3 aromatic carbocycles. The number of ether oxygens (including phenoxy) is 1. The first-order chi connectivity index (χ1) is 13.4. The van der Waals surface area contributed by atoms with E-state index in [-0.39, 0.29) is 10.5 Å². The molecule has 1 amide bonds. The maximum absolute atomic E-state index is 12.9. The van der Waals surface area contributed by atoms with Gasteiger partial charge in [0.25, 0.3) is 15.9 Å². The maximum atomic E-state index is 12.9. The summed E-state index contributed by atoms with van der Waals surface area (Å²) in [5, 5.41) is 2.63. The monoisotopic (exact) mass is 400 g/mol. The van der Waals surface area contributed by atoms with Crippen molar-refractivity contribution in [1.82, 2.24) is 0 Å². The van der Waals surface area contributed by atoms with Crippen molar-refractivity contribution < 1.29 is 22.3 Å². The summed E-state index contributed by atoms with van der Waals surface area (Å²) < 4.78 is 45.7. The Balaban J connectivity index is 1.74. The van der Waals surface area contributed by atoms with Crippen LogP contribution in [0.1, 0.15) is 10.4 Å². The van der Waals surface area contributed by atoms with Crippen LogP contribution in [0.25, 0.3) is 0 Å². The molecule has 0 aliphatic carbocycles. The van der Waals surface area contributed by atoms with Gasteiger partial charge in [-0.1, -0.05) is 12.1 Å². The van der Waals surface area contributed by atoms with Crippen LogP contribution >= 0.6 is 0 Å². The van der Waals surface area contributed by atoms with Gasteiger partial charge in [0.15, 0.2) is 0 Å². The fourth-order valence-corrected chi connectivity index (χ4v) is 3.52. The van der Waals surface area contributed by atoms with E-state index in [1.165, 1.54) is 55.6 Å². The van der Waals surface area contributed by atoms with E-state index in [4.69, 9.17) is 4.74 Å². The number of halogens is 1. The number of hydrogen-bond donors (Lipinski definition) is 2. The van der Waals surface area contributed by atoms with Crippen molar-refractivity contribution >= 4 is 27.3 Å². The Bertz CT molecular complexity index is 1080. The van der Waals surface area contributed by atoms with E-state index in [0.717, 1.165) is 0 Å². The van der Waals surface area contributed by atoms with E-state index in [2.05, 4.69) is 10.0 Å². The molecule has 0 aliphatic heterocycles. The molecule has 0 aromatic heterocycles.